The third kappa shape index (κ3) is 4.55. The Hall–Kier alpha value is -2.97. The van der Waals surface area contributed by atoms with E-state index >= 15 is 0 Å². The summed E-state index contributed by atoms with van der Waals surface area (Å²) in [5, 5.41) is 10.2. The SMILES string of the molecule is CCCOc1c(Cl)cc(/C=C(/C#N)c2nc3cc(C)c(C)cc3[nH]2)cc1OCC. The van der Waals surface area contributed by atoms with Crippen LogP contribution in [-0.2, 0) is 0 Å². The topological polar surface area (TPSA) is 70.9 Å². The number of halogens is 1. The largest absolute Gasteiger partial charge is 0.490 e. The van der Waals surface area contributed by atoms with Crippen molar-refractivity contribution in [3.8, 4) is 17.6 Å². The van der Waals surface area contributed by atoms with E-state index in [4.69, 9.17) is 21.1 Å². The van der Waals surface area contributed by atoms with Crippen LogP contribution in [0.2, 0.25) is 5.02 Å². The molecule has 0 amide bonds. The number of rotatable bonds is 7. The summed E-state index contributed by atoms with van der Waals surface area (Å²) in [6.45, 7) is 9.06. The Morgan fingerprint density at radius 2 is 1.93 bits per heavy atom. The molecule has 1 aromatic heterocycles. The van der Waals surface area contributed by atoms with Crippen molar-refractivity contribution >= 4 is 34.3 Å². The molecule has 0 radical (unpaired) electrons. The monoisotopic (exact) mass is 409 g/mol. The van der Waals surface area contributed by atoms with Crippen molar-refractivity contribution in [2.45, 2.75) is 34.1 Å². The number of nitrogens with one attached hydrogen (secondary N) is 1. The molecule has 0 aliphatic heterocycles. The normalized spacial score (nSPS) is 11.5. The van der Waals surface area contributed by atoms with Gasteiger partial charge in [-0.2, -0.15) is 5.26 Å². The van der Waals surface area contributed by atoms with Crippen LogP contribution in [-0.4, -0.2) is 23.2 Å². The van der Waals surface area contributed by atoms with E-state index in [0.717, 1.165) is 28.6 Å². The lowest BCUT2D eigenvalue weighted by Gasteiger charge is -2.14. The fourth-order valence-corrected chi connectivity index (χ4v) is 3.27. The summed E-state index contributed by atoms with van der Waals surface area (Å²) in [4.78, 5) is 7.82. The van der Waals surface area contributed by atoms with Gasteiger partial charge in [-0.15, -0.1) is 0 Å². The Morgan fingerprint density at radius 1 is 1.17 bits per heavy atom. The number of fused-ring (bicyclic) bond motifs is 1. The maximum Gasteiger partial charge on any atom is 0.179 e. The molecule has 0 fully saturated rings. The molecule has 1 heterocycles. The van der Waals surface area contributed by atoms with E-state index in [2.05, 4.69) is 23.0 Å². The number of hydrogen-bond acceptors (Lipinski definition) is 4. The number of nitriles is 1. The molecule has 0 unspecified atom stereocenters. The lowest BCUT2D eigenvalue weighted by Crippen LogP contribution is -2.01. The number of benzene rings is 2. The fourth-order valence-electron chi connectivity index (χ4n) is 3.00. The van der Waals surface area contributed by atoms with Gasteiger partial charge in [0.25, 0.3) is 0 Å². The minimum atomic E-state index is 0.414. The number of aromatic amines is 1. The number of nitrogens with zero attached hydrogens (tertiary/aromatic N) is 2. The van der Waals surface area contributed by atoms with Gasteiger partial charge in [0.15, 0.2) is 11.5 Å². The predicted octanol–water partition coefficient (Wildman–Crippen LogP) is 6.08. The predicted molar refractivity (Wildman–Crippen MR) is 117 cm³/mol. The second-order valence-electron chi connectivity index (χ2n) is 6.82. The highest BCUT2D eigenvalue weighted by Gasteiger charge is 2.14. The van der Waals surface area contributed by atoms with Gasteiger partial charge in [0.05, 0.1) is 34.8 Å². The maximum atomic E-state index is 9.72. The van der Waals surface area contributed by atoms with E-state index in [-0.39, 0.29) is 0 Å². The second-order valence-corrected chi connectivity index (χ2v) is 7.23. The molecule has 6 heteroatoms. The Bertz CT molecular complexity index is 1070. The third-order valence-corrected chi connectivity index (χ3v) is 4.85. The van der Waals surface area contributed by atoms with Gasteiger partial charge in [-0.3, -0.25) is 0 Å². The van der Waals surface area contributed by atoms with Gasteiger partial charge in [0.1, 0.15) is 11.9 Å². The molecule has 0 aliphatic rings. The highest BCUT2D eigenvalue weighted by Crippen LogP contribution is 2.37. The van der Waals surface area contributed by atoms with Gasteiger partial charge in [0, 0.05) is 0 Å². The average molecular weight is 410 g/mol. The number of aromatic nitrogens is 2. The molecule has 0 atom stereocenters. The molecule has 0 spiro atoms. The smallest absolute Gasteiger partial charge is 0.179 e. The van der Waals surface area contributed by atoms with Gasteiger partial charge >= 0.3 is 0 Å². The minimum absolute atomic E-state index is 0.414. The Morgan fingerprint density at radius 3 is 2.62 bits per heavy atom. The summed E-state index contributed by atoms with van der Waals surface area (Å²) in [5.74, 6) is 1.61. The molecule has 3 aromatic rings. The third-order valence-electron chi connectivity index (χ3n) is 4.57. The lowest BCUT2D eigenvalue weighted by molar-refractivity contribution is 0.277. The number of H-pyrrole nitrogens is 1. The van der Waals surface area contributed by atoms with Crippen molar-refractivity contribution < 1.29 is 9.47 Å². The van der Waals surface area contributed by atoms with E-state index < -0.39 is 0 Å². The van der Waals surface area contributed by atoms with Crippen LogP contribution in [0.4, 0.5) is 0 Å². The van der Waals surface area contributed by atoms with Crippen molar-refractivity contribution in [2.75, 3.05) is 13.2 Å². The maximum absolute atomic E-state index is 9.72. The van der Waals surface area contributed by atoms with E-state index in [1.54, 1.807) is 12.1 Å². The molecule has 0 bridgehead atoms. The molecule has 0 aliphatic carbocycles. The Labute approximate surface area is 175 Å². The van der Waals surface area contributed by atoms with Crippen molar-refractivity contribution in [3.05, 3.63) is 51.8 Å². The first-order valence-corrected chi connectivity index (χ1v) is 10.0. The Balaban J connectivity index is 2.04. The van der Waals surface area contributed by atoms with Gasteiger partial charge in [0.2, 0.25) is 0 Å². The summed E-state index contributed by atoms with van der Waals surface area (Å²) in [5.41, 5.74) is 5.23. The number of hydrogen-bond donors (Lipinski definition) is 1. The molecular formula is C23H24ClN3O2. The quantitative estimate of drug-likeness (QED) is 0.479. The van der Waals surface area contributed by atoms with Crippen LogP contribution < -0.4 is 9.47 Å². The van der Waals surface area contributed by atoms with E-state index in [0.29, 0.717) is 41.1 Å². The van der Waals surface area contributed by atoms with Crippen LogP contribution in [0.15, 0.2) is 24.3 Å². The highest BCUT2D eigenvalue weighted by atomic mass is 35.5. The molecule has 5 nitrogen and oxygen atoms in total. The summed E-state index contributed by atoms with van der Waals surface area (Å²) < 4.78 is 11.4. The van der Waals surface area contributed by atoms with E-state index in [1.807, 2.05) is 39.0 Å². The summed E-state index contributed by atoms with van der Waals surface area (Å²) in [6, 6.07) is 9.88. The van der Waals surface area contributed by atoms with Crippen LogP contribution in [0.3, 0.4) is 0 Å². The summed E-state index contributed by atoms with van der Waals surface area (Å²) in [6.07, 6.45) is 2.61. The Kier molecular flexibility index (Phi) is 6.46. The standard InChI is InChI=1S/C23H24ClN3O2/c1-5-7-29-22-18(24)11-16(12-21(22)28-6-2)10-17(13-25)23-26-19-8-14(3)15(4)9-20(19)27-23/h8-12H,5-7H2,1-4H3,(H,26,27)/b17-10-. The van der Waals surface area contributed by atoms with Gasteiger partial charge in [-0.1, -0.05) is 18.5 Å². The van der Waals surface area contributed by atoms with Crippen molar-refractivity contribution in [2.24, 2.45) is 0 Å². The van der Waals surface area contributed by atoms with Crippen LogP contribution in [0.5, 0.6) is 11.5 Å². The van der Waals surface area contributed by atoms with Crippen molar-refractivity contribution in [1.29, 1.82) is 5.26 Å². The number of ether oxygens (including phenoxy) is 2. The fraction of sp³-hybridized carbons (Fsp3) is 0.304. The zero-order chi connectivity index (χ0) is 21.0. The zero-order valence-electron chi connectivity index (χ0n) is 17.1. The number of imidazole rings is 1. The summed E-state index contributed by atoms with van der Waals surface area (Å²) in [7, 11) is 0. The number of allylic oxidation sites excluding steroid dienone is 1. The zero-order valence-corrected chi connectivity index (χ0v) is 17.9. The van der Waals surface area contributed by atoms with Crippen molar-refractivity contribution in [3.63, 3.8) is 0 Å². The molecular weight excluding hydrogens is 386 g/mol. The van der Waals surface area contributed by atoms with Crippen LogP contribution in [0.1, 0.15) is 42.8 Å². The molecule has 150 valence electrons. The van der Waals surface area contributed by atoms with Crippen molar-refractivity contribution in [1.82, 2.24) is 9.97 Å². The molecule has 2 aromatic carbocycles. The molecule has 29 heavy (non-hydrogen) atoms. The summed E-state index contributed by atoms with van der Waals surface area (Å²) >= 11 is 6.44. The van der Waals surface area contributed by atoms with Gasteiger partial charge < -0.3 is 14.5 Å². The van der Waals surface area contributed by atoms with Gasteiger partial charge in [-0.05, 0) is 74.2 Å². The average Bonchev–Trinajstić information content (AvgIpc) is 3.08. The van der Waals surface area contributed by atoms with Crippen LogP contribution in [0.25, 0.3) is 22.7 Å². The van der Waals surface area contributed by atoms with Crippen LogP contribution in [0, 0.1) is 25.2 Å². The molecule has 3 rings (SSSR count). The molecule has 0 saturated heterocycles. The van der Waals surface area contributed by atoms with E-state index in [1.165, 1.54) is 5.56 Å². The highest BCUT2D eigenvalue weighted by molar-refractivity contribution is 6.32. The minimum Gasteiger partial charge on any atom is -0.490 e. The van der Waals surface area contributed by atoms with E-state index in [9.17, 15) is 5.26 Å². The first kappa shape index (κ1) is 20.8. The van der Waals surface area contributed by atoms with Gasteiger partial charge in [-0.25, -0.2) is 4.98 Å². The lowest BCUT2D eigenvalue weighted by atomic mass is 10.1. The first-order valence-electron chi connectivity index (χ1n) is 9.65. The van der Waals surface area contributed by atoms with Crippen LogP contribution >= 0.6 is 11.6 Å². The first-order chi connectivity index (χ1) is 14.0. The second kappa shape index (κ2) is 9.02. The molecule has 0 saturated carbocycles. The molecule has 1 N–H and O–H groups in total. The number of aryl methyl sites for hydroxylation is 2.